The molecule has 0 spiro atoms. The summed E-state index contributed by atoms with van der Waals surface area (Å²) in [6.45, 7) is 3.31. The van der Waals surface area contributed by atoms with E-state index in [1.807, 2.05) is 4.72 Å². The standard InChI is InChI=1S/C31H36F2N8O7S2/c1-16(2)24(34-28(43)23-5-4-12-49-23)29(44)40-15-18(41-37-26(36-39-41)17-6-8-19(48-3)9-7-17)13-22(40)27(42)35-31(14-21(31)25(32)33)30(45)38-50(46,47)20-10-11-20/h4-9,12,16,18,20-22,24-25H,10-11,13-15H2,1-3H3,(H,34,43)(H,35,42)(H,38,45)/t18-,21+,22?,24+,31-/m1/s1. The first kappa shape index (κ1) is 35.3. The smallest absolute Gasteiger partial charge is 0.262 e. The van der Waals surface area contributed by atoms with Crippen LogP contribution in [-0.4, -0.2) is 100 Å². The van der Waals surface area contributed by atoms with Crippen molar-refractivity contribution >= 4 is 45.0 Å². The van der Waals surface area contributed by atoms with Crippen molar-refractivity contribution in [3.8, 4) is 17.1 Å². The van der Waals surface area contributed by atoms with Gasteiger partial charge in [0.25, 0.3) is 11.8 Å². The molecule has 2 aromatic heterocycles. The number of thiophene rings is 1. The first-order valence-electron chi connectivity index (χ1n) is 16.0. The molecule has 15 nitrogen and oxygen atoms in total. The molecule has 0 bridgehead atoms. The quantitative estimate of drug-likeness (QED) is 0.233. The van der Waals surface area contributed by atoms with Gasteiger partial charge in [0.2, 0.25) is 34.1 Å². The van der Waals surface area contributed by atoms with Crippen molar-refractivity contribution in [2.45, 2.75) is 74.9 Å². The minimum atomic E-state index is -4.11. The van der Waals surface area contributed by atoms with Gasteiger partial charge >= 0.3 is 0 Å². The van der Waals surface area contributed by atoms with Crippen LogP contribution < -0.4 is 20.1 Å². The zero-order chi connectivity index (χ0) is 36.0. The number of aromatic nitrogens is 4. The predicted molar refractivity (Wildman–Crippen MR) is 174 cm³/mol. The SMILES string of the molecule is COc1ccc(-c2nnn([C@@H]3CC(C(=O)N[C@]4(C(=O)NS(=O)(=O)C5CC5)C[C@H]4C(F)F)N(C(=O)[C@@H](NC(=O)c4cccs4)C(C)C)C3)n2)cc1. The van der Waals surface area contributed by atoms with E-state index in [2.05, 4.69) is 26.0 Å². The number of alkyl halides is 2. The molecule has 4 amide bonds. The first-order chi connectivity index (χ1) is 23.7. The van der Waals surface area contributed by atoms with Crippen LogP contribution in [0.1, 0.15) is 55.2 Å². The van der Waals surface area contributed by atoms with E-state index >= 15 is 0 Å². The minimum absolute atomic E-state index is 0.100. The molecule has 6 rings (SSSR count). The number of nitrogens with zero attached hydrogens (tertiary/aromatic N) is 5. The molecule has 3 fully saturated rings. The minimum Gasteiger partial charge on any atom is -0.497 e. The van der Waals surface area contributed by atoms with Crippen LogP contribution in [-0.2, 0) is 24.4 Å². The Bertz CT molecular complexity index is 1870. The Kier molecular flexibility index (Phi) is 9.64. The number of halogens is 2. The van der Waals surface area contributed by atoms with Crippen molar-refractivity contribution in [1.29, 1.82) is 0 Å². The van der Waals surface area contributed by atoms with Crippen LogP contribution in [0.25, 0.3) is 11.4 Å². The number of sulfonamides is 1. The van der Waals surface area contributed by atoms with E-state index < -0.39 is 87.2 Å². The Morgan fingerprint density at radius 1 is 1.10 bits per heavy atom. The fourth-order valence-electron chi connectivity index (χ4n) is 6.06. The highest BCUT2D eigenvalue weighted by atomic mass is 32.2. The lowest BCUT2D eigenvalue weighted by Gasteiger charge is -2.31. The van der Waals surface area contributed by atoms with Gasteiger partial charge in [-0.15, -0.1) is 21.5 Å². The summed E-state index contributed by atoms with van der Waals surface area (Å²) >= 11 is 1.19. The van der Waals surface area contributed by atoms with E-state index in [1.165, 1.54) is 28.1 Å². The molecule has 1 aliphatic heterocycles. The van der Waals surface area contributed by atoms with Gasteiger partial charge in [-0.25, -0.2) is 17.2 Å². The van der Waals surface area contributed by atoms with Crippen molar-refractivity contribution < 1.29 is 41.1 Å². The summed E-state index contributed by atoms with van der Waals surface area (Å²) in [6, 6.07) is 7.05. The first-order valence-corrected chi connectivity index (χ1v) is 18.4. The molecular weight excluding hydrogens is 699 g/mol. The monoisotopic (exact) mass is 734 g/mol. The molecule has 3 heterocycles. The lowest BCUT2D eigenvalue weighted by molar-refractivity contribution is -0.141. The fraction of sp³-hybridized carbons (Fsp3) is 0.516. The van der Waals surface area contributed by atoms with E-state index in [4.69, 9.17) is 4.74 Å². The van der Waals surface area contributed by atoms with Crippen molar-refractivity contribution in [3.63, 3.8) is 0 Å². The number of carbonyl (C=O) groups is 4. The number of likely N-dealkylation sites (tertiary alicyclic amines) is 1. The van der Waals surface area contributed by atoms with Crippen LogP contribution >= 0.6 is 11.3 Å². The summed E-state index contributed by atoms with van der Waals surface area (Å²) in [4.78, 5) is 57.3. The van der Waals surface area contributed by atoms with Gasteiger partial charge in [0.05, 0.1) is 29.2 Å². The van der Waals surface area contributed by atoms with E-state index in [-0.39, 0.29) is 18.8 Å². The number of tetrazole rings is 1. The van der Waals surface area contributed by atoms with Crippen LogP contribution in [0, 0.1) is 11.8 Å². The Balaban J connectivity index is 1.28. The van der Waals surface area contributed by atoms with Crippen LogP contribution in [0.15, 0.2) is 41.8 Å². The van der Waals surface area contributed by atoms with Gasteiger partial charge in [0.15, 0.2) is 0 Å². The van der Waals surface area contributed by atoms with Gasteiger partial charge in [0.1, 0.15) is 23.4 Å². The Labute approximate surface area is 290 Å². The van der Waals surface area contributed by atoms with E-state index in [1.54, 1.807) is 55.6 Å². The van der Waals surface area contributed by atoms with Crippen LogP contribution in [0.4, 0.5) is 8.78 Å². The number of hydrogen-bond acceptors (Lipinski definition) is 11. The molecule has 19 heteroatoms. The van der Waals surface area contributed by atoms with Gasteiger partial charge in [-0.2, -0.15) is 4.80 Å². The Morgan fingerprint density at radius 2 is 1.82 bits per heavy atom. The zero-order valence-corrected chi connectivity index (χ0v) is 28.9. The average molecular weight is 735 g/mol. The number of amides is 4. The van der Waals surface area contributed by atoms with Crippen molar-refractivity contribution in [1.82, 2.24) is 40.5 Å². The third-order valence-corrected chi connectivity index (χ3v) is 11.9. The number of benzene rings is 1. The lowest BCUT2D eigenvalue weighted by atomic mass is 10.0. The van der Waals surface area contributed by atoms with E-state index in [0.29, 0.717) is 29.0 Å². The third kappa shape index (κ3) is 7.05. The third-order valence-electron chi connectivity index (χ3n) is 9.20. The molecule has 3 aliphatic rings. The van der Waals surface area contributed by atoms with Gasteiger partial charge in [-0.05, 0) is 66.1 Å². The maximum atomic E-state index is 14.2. The normalized spacial score (nSPS) is 23.8. The van der Waals surface area contributed by atoms with E-state index in [0.717, 1.165) is 0 Å². The Hall–Kier alpha value is -4.52. The second-order valence-corrected chi connectivity index (χ2v) is 15.9. The number of methoxy groups -OCH3 is 1. The molecule has 2 aliphatic carbocycles. The number of rotatable bonds is 13. The summed E-state index contributed by atoms with van der Waals surface area (Å²) < 4.78 is 60.1. The summed E-state index contributed by atoms with van der Waals surface area (Å²) in [6.07, 6.45) is -2.97. The summed E-state index contributed by atoms with van der Waals surface area (Å²) in [7, 11) is -2.58. The molecule has 268 valence electrons. The van der Waals surface area contributed by atoms with Gasteiger partial charge < -0.3 is 20.3 Å². The molecule has 1 unspecified atom stereocenters. The molecule has 1 aromatic carbocycles. The van der Waals surface area contributed by atoms with Crippen molar-refractivity contribution in [2.75, 3.05) is 13.7 Å². The maximum absolute atomic E-state index is 14.2. The summed E-state index contributed by atoms with van der Waals surface area (Å²) in [5.74, 6) is -4.50. The molecule has 1 saturated heterocycles. The number of carbonyl (C=O) groups excluding carboxylic acids is 4. The van der Waals surface area contributed by atoms with Crippen molar-refractivity contribution in [3.05, 3.63) is 46.7 Å². The zero-order valence-electron chi connectivity index (χ0n) is 27.3. The molecule has 50 heavy (non-hydrogen) atoms. The van der Waals surface area contributed by atoms with Crippen LogP contribution in [0.3, 0.4) is 0 Å². The maximum Gasteiger partial charge on any atom is 0.262 e. The molecule has 2 saturated carbocycles. The van der Waals surface area contributed by atoms with Crippen LogP contribution in [0.2, 0.25) is 0 Å². The second-order valence-electron chi connectivity index (χ2n) is 13.0. The van der Waals surface area contributed by atoms with Gasteiger partial charge in [0, 0.05) is 18.5 Å². The molecule has 3 N–H and O–H groups in total. The number of hydrogen-bond donors (Lipinski definition) is 3. The molecule has 5 atom stereocenters. The lowest BCUT2D eigenvalue weighted by Crippen LogP contribution is -2.59. The number of ether oxygens (including phenoxy) is 1. The highest BCUT2D eigenvalue weighted by Gasteiger charge is 2.66. The van der Waals surface area contributed by atoms with Gasteiger partial charge in [-0.1, -0.05) is 19.9 Å². The predicted octanol–water partition coefficient (Wildman–Crippen LogP) is 1.76. The molecule has 3 aromatic rings. The highest BCUT2D eigenvalue weighted by molar-refractivity contribution is 7.91. The Morgan fingerprint density at radius 3 is 2.40 bits per heavy atom. The summed E-state index contributed by atoms with van der Waals surface area (Å²) in [5.41, 5.74) is -1.58. The van der Waals surface area contributed by atoms with Crippen LogP contribution in [0.5, 0.6) is 5.75 Å². The van der Waals surface area contributed by atoms with Crippen molar-refractivity contribution in [2.24, 2.45) is 11.8 Å². The molecular formula is C31H36F2N8O7S2. The van der Waals surface area contributed by atoms with E-state index in [9.17, 15) is 36.4 Å². The highest BCUT2D eigenvalue weighted by Crippen LogP contribution is 2.48. The number of nitrogens with one attached hydrogen (secondary N) is 3. The summed E-state index contributed by atoms with van der Waals surface area (Å²) in [5, 5.41) is 18.8. The topological polar surface area (TPSA) is 195 Å². The fourth-order valence-corrected chi connectivity index (χ4v) is 8.05. The largest absolute Gasteiger partial charge is 0.497 e. The second kappa shape index (κ2) is 13.7. The molecule has 0 radical (unpaired) electrons. The average Bonchev–Trinajstić information content (AvgIpc) is 3.84. The van der Waals surface area contributed by atoms with Gasteiger partial charge in [-0.3, -0.25) is 23.9 Å².